The summed E-state index contributed by atoms with van der Waals surface area (Å²) in [7, 11) is 0. The van der Waals surface area contributed by atoms with Crippen LogP contribution in [0.3, 0.4) is 0 Å². The Balaban J connectivity index is 3.26. The van der Waals surface area contributed by atoms with Gasteiger partial charge in [0, 0.05) is 0 Å². The second-order valence-corrected chi connectivity index (χ2v) is 1.72. The van der Waals surface area contributed by atoms with Crippen LogP contribution >= 0.6 is 0 Å². The van der Waals surface area contributed by atoms with Crippen LogP contribution in [-0.2, 0) is 9.53 Å². The maximum atomic E-state index is 10.2. The summed E-state index contributed by atoms with van der Waals surface area (Å²) in [6.45, 7) is 2.83. The third-order valence-corrected chi connectivity index (χ3v) is 0.676. The Hall–Kier alpha value is -0.770. The molecule has 4 heteroatoms. The van der Waals surface area contributed by atoms with E-state index in [4.69, 9.17) is 0 Å². The van der Waals surface area contributed by atoms with E-state index in [9.17, 15) is 9.70 Å². The van der Waals surface area contributed by atoms with Crippen LogP contribution in [0.1, 0.15) is 13.8 Å². The van der Waals surface area contributed by atoms with E-state index in [-0.39, 0.29) is 12.4 Å². The van der Waals surface area contributed by atoms with Gasteiger partial charge in [-0.15, -0.1) is 4.91 Å². The molecule has 0 aromatic rings. The average molecular weight is 131 g/mol. The molecule has 0 aliphatic rings. The van der Waals surface area contributed by atoms with Crippen molar-refractivity contribution in [3.8, 4) is 0 Å². The molecule has 0 radical (unpaired) electrons. The molecule has 0 saturated heterocycles. The van der Waals surface area contributed by atoms with Crippen molar-refractivity contribution in [3.05, 3.63) is 4.91 Å². The molecule has 4 nitrogen and oxygen atoms in total. The van der Waals surface area contributed by atoms with Crippen molar-refractivity contribution in [3.63, 3.8) is 0 Å². The van der Waals surface area contributed by atoms with Gasteiger partial charge in [0.05, 0.1) is 0 Å². The SMILES string of the molecule is CC(=O)COC(C)N=O. The van der Waals surface area contributed by atoms with Gasteiger partial charge < -0.3 is 4.74 Å². The summed E-state index contributed by atoms with van der Waals surface area (Å²) in [6.07, 6.45) is -0.714. The molecule has 9 heavy (non-hydrogen) atoms. The zero-order valence-corrected chi connectivity index (χ0v) is 5.46. The second-order valence-electron chi connectivity index (χ2n) is 1.72. The first-order valence-corrected chi connectivity index (χ1v) is 2.60. The Bertz CT molecular complexity index is 113. The lowest BCUT2D eigenvalue weighted by Gasteiger charge is -2.00. The lowest BCUT2D eigenvalue weighted by Crippen LogP contribution is -2.10. The predicted molar refractivity (Wildman–Crippen MR) is 31.9 cm³/mol. The number of carbonyl (C=O) groups is 1. The fraction of sp³-hybridized carbons (Fsp3) is 0.800. The quantitative estimate of drug-likeness (QED) is 0.528. The minimum Gasteiger partial charge on any atom is -0.345 e. The average Bonchev–Trinajstić information content (AvgIpc) is 1.83. The van der Waals surface area contributed by atoms with E-state index < -0.39 is 6.23 Å². The van der Waals surface area contributed by atoms with Crippen LogP contribution in [0.5, 0.6) is 0 Å². The monoisotopic (exact) mass is 131 g/mol. The first-order valence-electron chi connectivity index (χ1n) is 2.60. The maximum absolute atomic E-state index is 10.2. The molecule has 0 fully saturated rings. The molecule has 0 bridgehead atoms. The van der Waals surface area contributed by atoms with Crippen LogP contribution in [-0.4, -0.2) is 18.6 Å². The Labute approximate surface area is 53.2 Å². The van der Waals surface area contributed by atoms with Crippen LogP contribution in [0.15, 0.2) is 5.18 Å². The molecule has 1 atom stereocenters. The summed E-state index contributed by atoms with van der Waals surface area (Å²) in [5.41, 5.74) is 0. The van der Waals surface area contributed by atoms with Gasteiger partial charge in [0.15, 0.2) is 12.0 Å². The zero-order valence-electron chi connectivity index (χ0n) is 5.46. The summed E-state index contributed by atoms with van der Waals surface area (Å²) < 4.78 is 4.62. The molecular weight excluding hydrogens is 122 g/mol. The fourth-order valence-electron chi connectivity index (χ4n) is 0.268. The van der Waals surface area contributed by atoms with Gasteiger partial charge in [-0.1, -0.05) is 0 Å². The van der Waals surface area contributed by atoms with Crippen molar-refractivity contribution in [1.29, 1.82) is 0 Å². The zero-order chi connectivity index (χ0) is 7.28. The van der Waals surface area contributed by atoms with Gasteiger partial charge in [0.25, 0.3) is 0 Å². The van der Waals surface area contributed by atoms with E-state index in [1.54, 1.807) is 0 Å². The molecule has 0 spiro atoms. The number of hydrogen-bond donors (Lipinski definition) is 0. The summed E-state index contributed by atoms with van der Waals surface area (Å²) in [5, 5.41) is 2.54. The number of ether oxygens (including phenoxy) is 1. The molecule has 0 N–H and O–H groups in total. The van der Waals surface area contributed by atoms with E-state index in [1.165, 1.54) is 13.8 Å². The molecule has 0 rings (SSSR count). The third kappa shape index (κ3) is 5.10. The highest BCUT2D eigenvalue weighted by atomic mass is 16.5. The smallest absolute Gasteiger partial charge is 0.187 e. The van der Waals surface area contributed by atoms with E-state index in [2.05, 4.69) is 9.91 Å². The standard InChI is InChI=1S/C5H9NO3/c1-4(7)3-9-5(2)6-8/h5H,3H2,1-2H3. The first-order chi connectivity index (χ1) is 4.16. The number of nitrogens with zero attached hydrogens (tertiary/aromatic N) is 1. The number of nitroso groups, excluding NO2 is 1. The van der Waals surface area contributed by atoms with Crippen molar-refractivity contribution >= 4 is 5.78 Å². The van der Waals surface area contributed by atoms with Crippen LogP contribution < -0.4 is 0 Å². The molecule has 1 unspecified atom stereocenters. The molecular formula is C5H9NO3. The second kappa shape index (κ2) is 4.14. The Kier molecular flexibility index (Phi) is 3.79. The van der Waals surface area contributed by atoms with Crippen molar-refractivity contribution in [1.82, 2.24) is 0 Å². The lowest BCUT2D eigenvalue weighted by molar-refractivity contribution is -0.122. The van der Waals surface area contributed by atoms with E-state index >= 15 is 0 Å². The van der Waals surface area contributed by atoms with E-state index in [0.29, 0.717) is 0 Å². The summed E-state index contributed by atoms with van der Waals surface area (Å²) >= 11 is 0. The number of ketones is 1. The number of rotatable bonds is 4. The number of Topliss-reactive ketones (excluding diaryl/α,β-unsaturated/α-hetero) is 1. The van der Waals surface area contributed by atoms with Gasteiger partial charge in [-0.2, -0.15) is 0 Å². The van der Waals surface area contributed by atoms with Gasteiger partial charge in [-0.3, -0.25) is 4.79 Å². The summed E-state index contributed by atoms with van der Waals surface area (Å²) in [4.78, 5) is 19.8. The fourth-order valence-corrected chi connectivity index (χ4v) is 0.268. The Morgan fingerprint density at radius 2 is 2.33 bits per heavy atom. The minimum absolute atomic E-state index is 0.0348. The molecule has 0 amide bonds. The number of carbonyl (C=O) groups excluding carboxylic acids is 1. The lowest BCUT2D eigenvalue weighted by atomic mass is 10.5. The van der Waals surface area contributed by atoms with Crippen molar-refractivity contribution < 1.29 is 9.53 Å². The van der Waals surface area contributed by atoms with Gasteiger partial charge in [0.2, 0.25) is 0 Å². The number of hydrogen-bond acceptors (Lipinski definition) is 4. The summed E-state index contributed by atoms with van der Waals surface area (Å²) in [5.74, 6) is -0.106. The molecule has 0 aliphatic heterocycles. The van der Waals surface area contributed by atoms with Crippen LogP contribution in [0.2, 0.25) is 0 Å². The predicted octanol–water partition coefficient (Wildman–Crippen LogP) is 0.704. The molecule has 0 aromatic heterocycles. The highest BCUT2D eigenvalue weighted by Gasteiger charge is 2.00. The Morgan fingerprint density at radius 1 is 1.78 bits per heavy atom. The van der Waals surface area contributed by atoms with E-state index in [1.807, 2.05) is 0 Å². The largest absolute Gasteiger partial charge is 0.345 e. The minimum atomic E-state index is -0.714. The highest BCUT2D eigenvalue weighted by Crippen LogP contribution is 1.89. The first kappa shape index (κ1) is 8.23. The van der Waals surface area contributed by atoms with Crippen LogP contribution in [0.4, 0.5) is 0 Å². The van der Waals surface area contributed by atoms with Gasteiger partial charge >= 0.3 is 0 Å². The highest BCUT2D eigenvalue weighted by molar-refractivity contribution is 5.76. The van der Waals surface area contributed by atoms with Crippen molar-refractivity contribution in [2.45, 2.75) is 20.1 Å². The van der Waals surface area contributed by atoms with Gasteiger partial charge in [0.1, 0.15) is 6.61 Å². The molecule has 0 heterocycles. The van der Waals surface area contributed by atoms with Gasteiger partial charge in [-0.25, -0.2) is 0 Å². The van der Waals surface area contributed by atoms with Crippen molar-refractivity contribution in [2.24, 2.45) is 5.18 Å². The Morgan fingerprint density at radius 3 is 2.67 bits per heavy atom. The molecule has 52 valence electrons. The van der Waals surface area contributed by atoms with E-state index in [0.717, 1.165) is 0 Å². The topological polar surface area (TPSA) is 55.7 Å². The van der Waals surface area contributed by atoms with Crippen LogP contribution in [0, 0.1) is 4.91 Å². The molecule has 0 aromatic carbocycles. The molecule has 0 aliphatic carbocycles. The third-order valence-electron chi connectivity index (χ3n) is 0.676. The van der Waals surface area contributed by atoms with Crippen LogP contribution in [0.25, 0.3) is 0 Å². The normalized spacial score (nSPS) is 12.7. The van der Waals surface area contributed by atoms with Crippen molar-refractivity contribution in [2.75, 3.05) is 6.61 Å². The van der Waals surface area contributed by atoms with Gasteiger partial charge in [-0.05, 0) is 19.0 Å². The summed E-state index contributed by atoms with van der Waals surface area (Å²) in [6, 6.07) is 0. The molecule has 0 saturated carbocycles. The maximum Gasteiger partial charge on any atom is 0.187 e.